The maximum Gasteiger partial charge on any atom is 0.249 e. The number of piperidine rings is 1. The number of carbonyl (C=O) groups excluding carboxylic acids is 1. The summed E-state index contributed by atoms with van der Waals surface area (Å²) in [6.07, 6.45) is 3.14. The van der Waals surface area contributed by atoms with Gasteiger partial charge in [-0.05, 0) is 43.7 Å². The third kappa shape index (κ3) is 4.41. The van der Waals surface area contributed by atoms with Crippen LogP contribution in [0.4, 0.5) is 0 Å². The van der Waals surface area contributed by atoms with Crippen LogP contribution in [0, 0.1) is 11.8 Å². The summed E-state index contributed by atoms with van der Waals surface area (Å²) in [6.45, 7) is 4.66. The van der Waals surface area contributed by atoms with E-state index in [1.807, 2.05) is 13.8 Å². The van der Waals surface area contributed by atoms with Gasteiger partial charge in [0.1, 0.15) is 6.04 Å². The molecular weight excluding hydrogens is 404 g/mol. The molecule has 9 heteroatoms. The van der Waals surface area contributed by atoms with Crippen molar-refractivity contribution in [1.29, 1.82) is 0 Å². The number of nitrogens with zero attached hydrogens (tertiary/aromatic N) is 3. The van der Waals surface area contributed by atoms with Gasteiger partial charge in [0, 0.05) is 24.9 Å². The van der Waals surface area contributed by atoms with E-state index in [1.165, 1.54) is 4.31 Å². The molecular formula is C21H28N4O4S. The molecule has 2 fully saturated rings. The first-order valence-electron chi connectivity index (χ1n) is 10.6. The van der Waals surface area contributed by atoms with Gasteiger partial charge in [0.25, 0.3) is 0 Å². The number of benzene rings is 1. The normalized spacial score (nSPS) is 19.7. The predicted molar refractivity (Wildman–Crippen MR) is 110 cm³/mol. The van der Waals surface area contributed by atoms with E-state index in [0.717, 1.165) is 18.7 Å². The molecule has 1 N–H and O–H groups in total. The minimum Gasteiger partial charge on any atom is -0.344 e. The van der Waals surface area contributed by atoms with E-state index in [2.05, 4.69) is 15.5 Å². The fraction of sp³-hybridized carbons (Fsp3) is 0.571. The van der Waals surface area contributed by atoms with E-state index < -0.39 is 10.0 Å². The molecule has 1 atom stereocenters. The van der Waals surface area contributed by atoms with E-state index in [-0.39, 0.29) is 28.7 Å². The summed E-state index contributed by atoms with van der Waals surface area (Å²) in [7, 11) is -3.52. The Bertz CT molecular complexity index is 977. The van der Waals surface area contributed by atoms with Crippen LogP contribution < -0.4 is 5.32 Å². The molecule has 0 spiro atoms. The van der Waals surface area contributed by atoms with Crippen molar-refractivity contribution in [1.82, 2.24) is 19.8 Å². The number of nitrogens with one attached hydrogen (secondary N) is 1. The minimum atomic E-state index is -3.52. The molecule has 1 aromatic carbocycles. The average molecular weight is 433 g/mol. The van der Waals surface area contributed by atoms with Gasteiger partial charge in [0.2, 0.25) is 21.8 Å². The Kier molecular flexibility index (Phi) is 5.92. The number of carbonyl (C=O) groups is 1. The Morgan fingerprint density at radius 1 is 1.13 bits per heavy atom. The van der Waals surface area contributed by atoms with Crippen molar-refractivity contribution in [3.63, 3.8) is 0 Å². The van der Waals surface area contributed by atoms with E-state index in [1.54, 1.807) is 30.3 Å². The molecule has 1 aliphatic carbocycles. The van der Waals surface area contributed by atoms with Gasteiger partial charge in [-0.2, -0.15) is 9.29 Å². The number of amides is 1. The maximum atomic E-state index is 12.9. The quantitative estimate of drug-likeness (QED) is 0.721. The zero-order valence-corrected chi connectivity index (χ0v) is 18.1. The predicted octanol–water partition coefficient (Wildman–Crippen LogP) is 2.86. The van der Waals surface area contributed by atoms with Gasteiger partial charge in [-0.1, -0.05) is 37.2 Å². The lowest BCUT2D eigenvalue weighted by atomic mass is 9.95. The topological polar surface area (TPSA) is 105 Å². The van der Waals surface area contributed by atoms with Crippen LogP contribution in [0.3, 0.4) is 0 Å². The molecule has 1 saturated carbocycles. The van der Waals surface area contributed by atoms with Crippen LogP contribution in [0.25, 0.3) is 0 Å². The number of rotatable bonds is 7. The van der Waals surface area contributed by atoms with Crippen LogP contribution in [0.1, 0.15) is 63.2 Å². The molecule has 0 bridgehead atoms. The molecule has 1 unspecified atom stereocenters. The highest BCUT2D eigenvalue weighted by Crippen LogP contribution is 2.38. The smallest absolute Gasteiger partial charge is 0.249 e. The number of aromatic nitrogens is 2. The van der Waals surface area contributed by atoms with E-state index in [9.17, 15) is 13.2 Å². The SMILES string of the molecule is CC(C)C(NC(=O)C1CCN(S(=O)(=O)c2ccccc2)CC1)c1nc(C2CC2)no1. The van der Waals surface area contributed by atoms with Crippen molar-refractivity contribution in [2.75, 3.05) is 13.1 Å². The highest BCUT2D eigenvalue weighted by molar-refractivity contribution is 7.89. The van der Waals surface area contributed by atoms with E-state index >= 15 is 0 Å². The first-order valence-corrected chi connectivity index (χ1v) is 12.0. The molecule has 2 heterocycles. The van der Waals surface area contributed by atoms with Gasteiger partial charge in [-0.15, -0.1) is 0 Å². The van der Waals surface area contributed by atoms with Gasteiger partial charge in [0.15, 0.2) is 5.82 Å². The second-order valence-corrected chi connectivity index (χ2v) is 10.4. The Morgan fingerprint density at radius 2 is 1.80 bits per heavy atom. The summed E-state index contributed by atoms with van der Waals surface area (Å²) < 4.78 is 32.4. The van der Waals surface area contributed by atoms with Crippen molar-refractivity contribution in [3.8, 4) is 0 Å². The molecule has 0 radical (unpaired) electrons. The molecule has 2 aliphatic rings. The maximum absolute atomic E-state index is 12.9. The van der Waals surface area contributed by atoms with Gasteiger partial charge >= 0.3 is 0 Å². The number of hydrogen-bond acceptors (Lipinski definition) is 6. The largest absolute Gasteiger partial charge is 0.344 e. The standard InChI is InChI=1S/C21H28N4O4S/c1-14(2)18(21-23-19(24-29-21)15-8-9-15)22-20(26)16-10-12-25(13-11-16)30(27,28)17-6-4-3-5-7-17/h3-7,14-16,18H,8-13H2,1-2H3,(H,22,26). The van der Waals surface area contributed by atoms with Gasteiger partial charge in [-0.25, -0.2) is 8.42 Å². The highest BCUT2D eigenvalue weighted by Gasteiger charge is 2.35. The summed E-state index contributed by atoms with van der Waals surface area (Å²) in [5.41, 5.74) is 0. The fourth-order valence-corrected chi connectivity index (χ4v) is 5.26. The van der Waals surface area contributed by atoms with Gasteiger partial charge in [0.05, 0.1) is 4.90 Å². The van der Waals surface area contributed by atoms with Crippen molar-refractivity contribution in [2.24, 2.45) is 11.8 Å². The Morgan fingerprint density at radius 3 is 2.40 bits per heavy atom. The first-order chi connectivity index (χ1) is 14.4. The van der Waals surface area contributed by atoms with Crippen molar-refractivity contribution >= 4 is 15.9 Å². The molecule has 30 heavy (non-hydrogen) atoms. The molecule has 8 nitrogen and oxygen atoms in total. The van der Waals surface area contributed by atoms with Crippen LogP contribution in [-0.4, -0.2) is 41.9 Å². The van der Waals surface area contributed by atoms with Crippen LogP contribution in [0.15, 0.2) is 39.8 Å². The van der Waals surface area contributed by atoms with Gasteiger partial charge < -0.3 is 9.84 Å². The lowest BCUT2D eigenvalue weighted by molar-refractivity contribution is -0.127. The minimum absolute atomic E-state index is 0.0865. The van der Waals surface area contributed by atoms with Crippen molar-refractivity contribution < 1.29 is 17.7 Å². The Balaban J connectivity index is 1.37. The van der Waals surface area contributed by atoms with Crippen LogP contribution in [0.2, 0.25) is 0 Å². The zero-order valence-electron chi connectivity index (χ0n) is 17.3. The second kappa shape index (κ2) is 8.47. The van der Waals surface area contributed by atoms with E-state index in [0.29, 0.717) is 37.7 Å². The molecule has 1 aromatic heterocycles. The van der Waals surface area contributed by atoms with Gasteiger partial charge in [-0.3, -0.25) is 4.79 Å². The summed E-state index contributed by atoms with van der Waals surface area (Å²) >= 11 is 0. The summed E-state index contributed by atoms with van der Waals surface area (Å²) in [6, 6.07) is 8.07. The highest BCUT2D eigenvalue weighted by atomic mass is 32.2. The zero-order chi connectivity index (χ0) is 21.3. The summed E-state index contributed by atoms with van der Waals surface area (Å²) in [4.78, 5) is 17.7. The summed E-state index contributed by atoms with van der Waals surface area (Å²) in [5, 5.41) is 7.11. The molecule has 162 valence electrons. The lowest BCUT2D eigenvalue weighted by Crippen LogP contribution is -2.44. The molecule has 1 amide bonds. The van der Waals surface area contributed by atoms with Crippen molar-refractivity contribution in [2.45, 2.75) is 56.4 Å². The Hall–Kier alpha value is -2.26. The number of hydrogen-bond donors (Lipinski definition) is 1. The third-order valence-electron chi connectivity index (χ3n) is 5.84. The van der Waals surface area contributed by atoms with E-state index in [4.69, 9.17) is 4.52 Å². The second-order valence-electron chi connectivity index (χ2n) is 8.49. The molecule has 4 rings (SSSR count). The molecule has 1 aliphatic heterocycles. The average Bonchev–Trinajstić information content (AvgIpc) is 3.49. The third-order valence-corrected chi connectivity index (χ3v) is 7.75. The first kappa shape index (κ1) is 21.0. The summed E-state index contributed by atoms with van der Waals surface area (Å²) in [5.74, 6) is 1.34. The Labute approximate surface area is 177 Å². The van der Waals surface area contributed by atoms with Crippen LogP contribution >= 0.6 is 0 Å². The fourth-order valence-electron chi connectivity index (χ4n) is 3.77. The van der Waals surface area contributed by atoms with Crippen LogP contribution in [0.5, 0.6) is 0 Å². The molecule has 1 saturated heterocycles. The van der Waals surface area contributed by atoms with Crippen molar-refractivity contribution in [3.05, 3.63) is 42.0 Å². The number of sulfonamides is 1. The monoisotopic (exact) mass is 432 g/mol. The lowest BCUT2D eigenvalue weighted by Gasteiger charge is -2.31. The molecule has 2 aromatic rings. The van der Waals surface area contributed by atoms with Crippen LogP contribution in [-0.2, 0) is 14.8 Å².